The van der Waals surface area contributed by atoms with E-state index in [1.54, 1.807) is 0 Å². The highest BCUT2D eigenvalue weighted by Gasteiger charge is 2.20. The van der Waals surface area contributed by atoms with E-state index >= 15 is 0 Å². The highest BCUT2D eigenvalue weighted by molar-refractivity contribution is 9.09. The summed E-state index contributed by atoms with van der Waals surface area (Å²) in [7, 11) is 0. The number of benzene rings is 1. The van der Waals surface area contributed by atoms with Gasteiger partial charge in [0.15, 0.2) is 5.78 Å². The van der Waals surface area contributed by atoms with E-state index in [0.717, 1.165) is 25.7 Å². The van der Waals surface area contributed by atoms with Crippen molar-refractivity contribution < 1.29 is 14.3 Å². The maximum Gasteiger partial charge on any atom is 0.411 e. The molecule has 0 unspecified atom stereocenters. The molecule has 2 rings (SSSR count). The Kier molecular flexibility index (Phi) is 6.53. The van der Waals surface area contributed by atoms with Crippen LogP contribution in [0.25, 0.3) is 0 Å². The number of anilines is 1. The van der Waals surface area contributed by atoms with Crippen LogP contribution < -0.4 is 5.32 Å². The largest absolute Gasteiger partial charge is 0.446 e. The summed E-state index contributed by atoms with van der Waals surface area (Å²) in [5.41, 5.74) is 0.647. The van der Waals surface area contributed by atoms with Crippen LogP contribution in [-0.2, 0) is 4.74 Å². The fourth-order valence-electron chi connectivity index (χ4n) is 2.40. The summed E-state index contributed by atoms with van der Waals surface area (Å²) in [4.78, 5) is 23.6. The molecule has 1 aromatic carbocycles. The number of carbonyl (C=O) groups excluding carboxylic acids is 2. The molecule has 1 saturated carbocycles. The van der Waals surface area contributed by atoms with Gasteiger partial charge in [-0.05, 0) is 37.8 Å². The lowest BCUT2D eigenvalue weighted by atomic mass is 9.98. The maximum atomic E-state index is 11.9. The first-order chi connectivity index (χ1) is 10.5. The SMILES string of the molecule is O=C(Nc1c(Cl)cc(C(=O)CBr)cc1Cl)OC1CCCCC1. The van der Waals surface area contributed by atoms with Gasteiger partial charge in [0.2, 0.25) is 0 Å². The van der Waals surface area contributed by atoms with E-state index in [9.17, 15) is 9.59 Å². The summed E-state index contributed by atoms with van der Waals surface area (Å²) < 4.78 is 5.36. The molecule has 0 atom stereocenters. The van der Waals surface area contributed by atoms with E-state index in [4.69, 9.17) is 27.9 Å². The van der Waals surface area contributed by atoms with Crippen molar-refractivity contribution in [2.24, 2.45) is 0 Å². The van der Waals surface area contributed by atoms with Gasteiger partial charge < -0.3 is 4.74 Å². The summed E-state index contributed by atoms with van der Waals surface area (Å²) in [6.07, 6.45) is 4.46. The van der Waals surface area contributed by atoms with Gasteiger partial charge in [-0.1, -0.05) is 45.6 Å². The van der Waals surface area contributed by atoms with E-state index in [1.807, 2.05) is 0 Å². The molecule has 0 bridgehead atoms. The molecule has 1 aliphatic carbocycles. The second kappa shape index (κ2) is 8.18. The van der Waals surface area contributed by atoms with Gasteiger partial charge in [-0.15, -0.1) is 0 Å². The Morgan fingerprint density at radius 2 is 1.77 bits per heavy atom. The minimum absolute atomic E-state index is 0.0550. The molecule has 0 aliphatic heterocycles. The minimum atomic E-state index is -0.574. The zero-order valence-corrected chi connectivity index (χ0v) is 14.9. The molecule has 1 N–H and O–H groups in total. The van der Waals surface area contributed by atoms with Crippen molar-refractivity contribution in [3.05, 3.63) is 27.7 Å². The topological polar surface area (TPSA) is 55.4 Å². The van der Waals surface area contributed by atoms with Gasteiger partial charge in [-0.25, -0.2) is 4.79 Å². The van der Waals surface area contributed by atoms with Gasteiger partial charge in [0.25, 0.3) is 0 Å². The quantitative estimate of drug-likeness (QED) is 0.532. The lowest BCUT2D eigenvalue weighted by Crippen LogP contribution is -2.24. The van der Waals surface area contributed by atoms with Crippen LogP contribution in [0.2, 0.25) is 10.0 Å². The molecule has 0 saturated heterocycles. The average molecular weight is 409 g/mol. The Morgan fingerprint density at radius 3 is 2.32 bits per heavy atom. The van der Waals surface area contributed by atoms with Crippen LogP contribution in [0.1, 0.15) is 42.5 Å². The van der Waals surface area contributed by atoms with Crippen LogP contribution in [-0.4, -0.2) is 23.3 Å². The van der Waals surface area contributed by atoms with Gasteiger partial charge in [-0.3, -0.25) is 10.1 Å². The summed E-state index contributed by atoms with van der Waals surface area (Å²) >= 11 is 15.3. The molecule has 120 valence electrons. The van der Waals surface area contributed by atoms with E-state index in [1.165, 1.54) is 18.6 Å². The van der Waals surface area contributed by atoms with Crippen molar-refractivity contribution in [2.45, 2.75) is 38.2 Å². The Morgan fingerprint density at radius 1 is 1.18 bits per heavy atom. The minimum Gasteiger partial charge on any atom is -0.446 e. The first kappa shape index (κ1) is 17.6. The van der Waals surface area contributed by atoms with Crippen molar-refractivity contribution in [2.75, 3.05) is 10.6 Å². The molecule has 1 aromatic rings. The Balaban J connectivity index is 2.05. The molecule has 0 spiro atoms. The van der Waals surface area contributed by atoms with Crippen LogP contribution in [0.4, 0.5) is 10.5 Å². The van der Waals surface area contributed by atoms with E-state index in [2.05, 4.69) is 21.2 Å². The number of ether oxygens (including phenoxy) is 1. The van der Waals surface area contributed by atoms with Crippen LogP contribution in [0, 0.1) is 0 Å². The van der Waals surface area contributed by atoms with E-state index in [-0.39, 0.29) is 32.9 Å². The third-order valence-electron chi connectivity index (χ3n) is 3.54. The molecule has 1 amide bonds. The predicted molar refractivity (Wildman–Crippen MR) is 91.6 cm³/mol. The molecular weight excluding hydrogens is 393 g/mol. The maximum absolute atomic E-state index is 11.9. The monoisotopic (exact) mass is 407 g/mol. The van der Waals surface area contributed by atoms with Gasteiger partial charge in [0, 0.05) is 5.56 Å². The highest BCUT2D eigenvalue weighted by Crippen LogP contribution is 2.32. The number of ketones is 1. The second-order valence-corrected chi connectivity index (χ2v) is 6.54. The smallest absolute Gasteiger partial charge is 0.411 e. The van der Waals surface area contributed by atoms with Gasteiger partial charge in [-0.2, -0.15) is 0 Å². The Labute approximate surface area is 147 Å². The summed E-state index contributed by atoms with van der Waals surface area (Å²) in [5, 5.41) is 3.15. The molecule has 0 heterocycles. The molecule has 1 fully saturated rings. The number of carbonyl (C=O) groups is 2. The number of alkyl halides is 1. The summed E-state index contributed by atoms with van der Waals surface area (Å²) in [6, 6.07) is 2.96. The molecule has 0 aromatic heterocycles. The summed E-state index contributed by atoms with van der Waals surface area (Å²) in [5.74, 6) is -0.139. The summed E-state index contributed by atoms with van der Waals surface area (Å²) in [6.45, 7) is 0. The standard InChI is InChI=1S/C15H16BrCl2NO3/c16-8-13(20)9-6-11(17)14(12(18)7-9)19-15(21)22-10-4-2-1-3-5-10/h6-7,10H,1-5,8H2,(H,19,21). The molecule has 4 nitrogen and oxygen atoms in total. The van der Waals surface area contributed by atoms with E-state index in [0.29, 0.717) is 5.56 Å². The fourth-order valence-corrected chi connectivity index (χ4v) is 3.30. The molecule has 0 radical (unpaired) electrons. The third kappa shape index (κ3) is 4.61. The number of hydrogen-bond donors (Lipinski definition) is 1. The first-order valence-electron chi connectivity index (χ1n) is 7.07. The van der Waals surface area contributed by atoms with Crippen molar-refractivity contribution in [3.8, 4) is 0 Å². The van der Waals surface area contributed by atoms with Gasteiger partial charge in [0.1, 0.15) is 6.10 Å². The van der Waals surface area contributed by atoms with Crippen LogP contribution in [0.3, 0.4) is 0 Å². The molecular formula is C15H16BrCl2NO3. The Hall–Kier alpha value is -0.780. The number of amides is 1. The molecule has 7 heteroatoms. The number of rotatable bonds is 4. The Bertz CT molecular complexity index is 551. The molecule has 22 heavy (non-hydrogen) atoms. The lowest BCUT2D eigenvalue weighted by Gasteiger charge is -2.22. The molecule has 1 aliphatic rings. The van der Waals surface area contributed by atoms with Gasteiger partial charge in [0.05, 0.1) is 21.1 Å². The van der Waals surface area contributed by atoms with Crippen LogP contribution >= 0.6 is 39.1 Å². The number of hydrogen-bond acceptors (Lipinski definition) is 3. The zero-order valence-electron chi connectivity index (χ0n) is 11.8. The van der Waals surface area contributed by atoms with Crippen molar-refractivity contribution in [3.63, 3.8) is 0 Å². The third-order valence-corrected chi connectivity index (χ3v) is 4.64. The van der Waals surface area contributed by atoms with Crippen LogP contribution in [0.15, 0.2) is 12.1 Å². The highest BCUT2D eigenvalue weighted by atomic mass is 79.9. The van der Waals surface area contributed by atoms with Crippen LogP contribution in [0.5, 0.6) is 0 Å². The van der Waals surface area contributed by atoms with Crippen molar-refractivity contribution in [1.29, 1.82) is 0 Å². The number of Topliss-reactive ketones (excluding diaryl/α,β-unsaturated/α-hetero) is 1. The average Bonchev–Trinajstić information content (AvgIpc) is 2.50. The predicted octanol–water partition coefficient (Wildman–Crippen LogP) is 5.45. The number of nitrogens with one attached hydrogen (secondary N) is 1. The lowest BCUT2D eigenvalue weighted by molar-refractivity contribution is 0.0865. The van der Waals surface area contributed by atoms with E-state index < -0.39 is 6.09 Å². The van der Waals surface area contributed by atoms with Crippen molar-refractivity contribution >= 4 is 56.7 Å². The number of halogens is 3. The zero-order chi connectivity index (χ0) is 16.1. The fraction of sp³-hybridized carbons (Fsp3) is 0.467. The van der Waals surface area contributed by atoms with Gasteiger partial charge >= 0.3 is 6.09 Å². The van der Waals surface area contributed by atoms with Crippen molar-refractivity contribution in [1.82, 2.24) is 0 Å². The normalized spacial score (nSPS) is 15.4. The second-order valence-electron chi connectivity index (χ2n) is 5.16. The first-order valence-corrected chi connectivity index (χ1v) is 8.95.